The molecule has 192 valence electrons. The summed E-state index contributed by atoms with van der Waals surface area (Å²) < 4.78 is 0. The molecule has 0 aliphatic heterocycles. The van der Waals surface area contributed by atoms with Gasteiger partial charge in [-0.15, -0.1) is 0 Å². The molecule has 2 aromatic carbocycles. The van der Waals surface area contributed by atoms with Crippen LogP contribution >= 0.6 is 0 Å². The molecule has 2 nitrogen and oxygen atoms in total. The highest BCUT2D eigenvalue weighted by Crippen LogP contribution is 2.66. The molecule has 2 aromatic rings. The molecule has 0 radical (unpaired) electrons. The maximum atomic E-state index is 11.8. The molecule has 4 unspecified atom stereocenters. The first-order chi connectivity index (χ1) is 15.9. The average molecular weight is 477 g/mol. The number of fused-ring (bicyclic) bond motifs is 2. The molecule has 3 aliphatic rings. The van der Waals surface area contributed by atoms with Gasteiger partial charge in [-0.25, -0.2) is 0 Å². The number of aryl methyl sites for hydroxylation is 2. The molecule has 2 bridgehead atoms. The summed E-state index contributed by atoms with van der Waals surface area (Å²) in [7, 11) is 0. The molecule has 0 amide bonds. The lowest BCUT2D eigenvalue weighted by Crippen LogP contribution is -2.55. The number of benzene rings is 2. The summed E-state index contributed by atoms with van der Waals surface area (Å²) in [5.74, 6) is 3.10. The number of rotatable bonds is 3. The average Bonchev–Trinajstić information content (AvgIpc) is 2.71. The van der Waals surface area contributed by atoms with Gasteiger partial charge in [-0.3, -0.25) is 0 Å². The standard InChI is InChI=1S/C33H48O2/c1-18-12-23(29(34)26(14-18)31(4,5)6)28(22-16-21-17-25(20(22)3)33(21,10)11)24-13-19(2)15-27(30(24)35)32(7,8)9/h12-15,20-22,25,28,34-35H,16-17H2,1-11H3. The summed E-state index contributed by atoms with van der Waals surface area (Å²) >= 11 is 0. The third-order valence-corrected chi connectivity index (χ3v) is 9.69. The molecule has 2 N–H and O–H groups in total. The van der Waals surface area contributed by atoms with Crippen LogP contribution in [0.1, 0.15) is 114 Å². The van der Waals surface area contributed by atoms with Gasteiger partial charge in [0.1, 0.15) is 11.5 Å². The van der Waals surface area contributed by atoms with Crippen LogP contribution in [0.5, 0.6) is 11.5 Å². The Kier molecular flexibility index (Phi) is 6.18. The van der Waals surface area contributed by atoms with Crippen molar-refractivity contribution in [2.45, 2.75) is 106 Å². The van der Waals surface area contributed by atoms with Gasteiger partial charge in [0.2, 0.25) is 0 Å². The van der Waals surface area contributed by atoms with Crippen molar-refractivity contribution < 1.29 is 10.2 Å². The van der Waals surface area contributed by atoms with E-state index in [1.807, 2.05) is 0 Å². The van der Waals surface area contributed by atoms with E-state index in [1.165, 1.54) is 17.5 Å². The molecule has 2 heteroatoms. The van der Waals surface area contributed by atoms with Crippen molar-refractivity contribution in [3.05, 3.63) is 57.6 Å². The van der Waals surface area contributed by atoms with E-state index in [1.54, 1.807) is 0 Å². The van der Waals surface area contributed by atoms with E-state index in [-0.39, 0.29) is 16.7 Å². The fraction of sp³-hybridized carbons (Fsp3) is 0.636. The largest absolute Gasteiger partial charge is 0.507 e. The van der Waals surface area contributed by atoms with Crippen LogP contribution in [0.4, 0.5) is 0 Å². The highest BCUT2D eigenvalue weighted by molar-refractivity contribution is 5.56. The van der Waals surface area contributed by atoms with Crippen LogP contribution in [-0.4, -0.2) is 10.2 Å². The summed E-state index contributed by atoms with van der Waals surface area (Å²) in [4.78, 5) is 0. The second kappa shape index (κ2) is 8.29. The van der Waals surface area contributed by atoms with Gasteiger partial charge in [0.15, 0.2) is 0 Å². The van der Waals surface area contributed by atoms with E-state index >= 15 is 0 Å². The molecular weight excluding hydrogens is 428 g/mol. The first-order valence-corrected chi connectivity index (χ1v) is 13.6. The maximum absolute atomic E-state index is 11.8. The van der Waals surface area contributed by atoms with Crippen molar-refractivity contribution in [3.8, 4) is 11.5 Å². The predicted molar refractivity (Wildman–Crippen MR) is 148 cm³/mol. The Morgan fingerprint density at radius 1 is 0.771 bits per heavy atom. The highest BCUT2D eigenvalue weighted by atomic mass is 16.3. The van der Waals surface area contributed by atoms with Crippen molar-refractivity contribution in [3.63, 3.8) is 0 Å². The van der Waals surface area contributed by atoms with Gasteiger partial charge in [0.05, 0.1) is 0 Å². The number of aromatic hydroxyl groups is 2. The summed E-state index contributed by atoms with van der Waals surface area (Å²) in [6.07, 6.45) is 2.46. The monoisotopic (exact) mass is 476 g/mol. The van der Waals surface area contributed by atoms with Crippen molar-refractivity contribution in [1.29, 1.82) is 0 Å². The zero-order chi connectivity index (χ0) is 26.2. The van der Waals surface area contributed by atoms with Crippen molar-refractivity contribution in [2.24, 2.45) is 29.1 Å². The van der Waals surface area contributed by atoms with Crippen LogP contribution in [0.3, 0.4) is 0 Å². The van der Waals surface area contributed by atoms with E-state index in [2.05, 4.69) is 100 Å². The van der Waals surface area contributed by atoms with Crippen LogP contribution in [0.25, 0.3) is 0 Å². The van der Waals surface area contributed by atoms with Crippen molar-refractivity contribution >= 4 is 0 Å². The Morgan fingerprint density at radius 3 is 1.54 bits per heavy atom. The van der Waals surface area contributed by atoms with Crippen molar-refractivity contribution in [1.82, 2.24) is 0 Å². The van der Waals surface area contributed by atoms with Gasteiger partial charge in [-0.2, -0.15) is 0 Å². The van der Waals surface area contributed by atoms with Gasteiger partial charge >= 0.3 is 0 Å². The fourth-order valence-corrected chi connectivity index (χ4v) is 7.49. The van der Waals surface area contributed by atoms with Gasteiger partial charge in [-0.1, -0.05) is 97.7 Å². The van der Waals surface area contributed by atoms with E-state index < -0.39 is 0 Å². The molecule has 5 rings (SSSR count). The topological polar surface area (TPSA) is 40.5 Å². The van der Waals surface area contributed by atoms with Crippen LogP contribution < -0.4 is 0 Å². The van der Waals surface area contributed by atoms with Gasteiger partial charge < -0.3 is 10.2 Å². The van der Waals surface area contributed by atoms with E-state index in [0.29, 0.717) is 40.6 Å². The highest BCUT2D eigenvalue weighted by Gasteiger charge is 2.58. The second-order valence-corrected chi connectivity index (χ2v) is 14.6. The molecule has 0 spiro atoms. The van der Waals surface area contributed by atoms with Gasteiger partial charge in [0.25, 0.3) is 0 Å². The third-order valence-electron chi connectivity index (χ3n) is 9.69. The normalized spacial score (nSPS) is 26.1. The number of phenols is 2. The van der Waals surface area contributed by atoms with Gasteiger partial charge in [-0.05, 0) is 77.7 Å². The van der Waals surface area contributed by atoms with Crippen LogP contribution in [0.15, 0.2) is 24.3 Å². The predicted octanol–water partition coefficient (Wildman–Crippen LogP) is 8.76. The lowest BCUT2D eigenvalue weighted by molar-refractivity contribution is -0.131. The molecule has 0 saturated heterocycles. The molecule has 4 atom stereocenters. The first-order valence-electron chi connectivity index (χ1n) is 13.6. The lowest BCUT2D eigenvalue weighted by Gasteiger charge is -2.63. The molecule has 3 aliphatic carbocycles. The van der Waals surface area contributed by atoms with Crippen LogP contribution in [0, 0.1) is 42.9 Å². The fourth-order valence-electron chi connectivity index (χ4n) is 7.49. The zero-order valence-electron chi connectivity index (χ0n) is 24.0. The Morgan fingerprint density at radius 2 is 1.20 bits per heavy atom. The van der Waals surface area contributed by atoms with Gasteiger partial charge in [0, 0.05) is 17.0 Å². The minimum Gasteiger partial charge on any atom is -0.507 e. The summed E-state index contributed by atoms with van der Waals surface area (Å²) in [6, 6.07) is 8.65. The molecule has 0 heterocycles. The Bertz CT molecular complexity index is 1060. The first kappa shape index (κ1) is 26.1. The van der Waals surface area contributed by atoms with E-state index in [9.17, 15) is 10.2 Å². The lowest BCUT2D eigenvalue weighted by atomic mass is 9.42. The Hall–Kier alpha value is -1.96. The van der Waals surface area contributed by atoms with Crippen molar-refractivity contribution in [2.75, 3.05) is 0 Å². The zero-order valence-corrected chi connectivity index (χ0v) is 24.0. The summed E-state index contributed by atoms with van der Waals surface area (Å²) in [5.41, 5.74) is 6.38. The van der Waals surface area contributed by atoms with E-state index in [0.717, 1.165) is 28.7 Å². The molecule has 35 heavy (non-hydrogen) atoms. The smallest absolute Gasteiger partial charge is 0.123 e. The van der Waals surface area contributed by atoms with Crippen LogP contribution in [0.2, 0.25) is 0 Å². The minimum atomic E-state index is -0.164. The maximum Gasteiger partial charge on any atom is 0.123 e. The SMILES string of the molecule is Cc1cc(C(c2cc(C)cc(C(C)(C)C)c2O)C2CC3CC(C2C)C3(C)C)c(O)c(C(C)(C)C)c1. The van der Waals surface area contributed by atoms with Crippen LogP contribution in [-0.2, 0) is 10.8 Å². The second-order valence-electron chi connectivity index (χ2n) is 14.6. The quantitative estimate of drug-likeness (QED) is 0.465. The number of phenolic OH excluding ortho intramolecular Hbond substituents is 2. The summed E-state index contributed by atoms with van der Waals surface area (Å²) in [6.45, 7) is 24.6. The molecule has 0 aromatic heterocycles. The minimum absolute atomic E-state index is 0.0339. The molecule has 3 fully saturated rings. The Labute approximate surface area is 214 Å². The summed E-state index contributed by atoms with van der Waals surface area (Å²) in [5, 5.41) is 23.6. The number of hydrogen-bond acceptors (Lipinski definition) is 2. The Balaban J connectivity index is 1.99. The van der Waals surface area contributed by atoms with E-state index in [4.69, 9.17) is 0 Å². The number of hydrogen-bond donors (Lipinski definition) is 2. The molecular formula is C33H48O2. The third kappa shape index (κ3) is 4.30. The molecule has 3 saturated carbocycles.